The molecule has 0 aliphatic rings. The van der Waals surface area contributed by atoms with Crippen molar-refractivity contribution in [3.63, 3.8) is 0 Å². The first kappa shape index (κ1) is 16.8. The van der Waals surface area contributed by atoms with Crippen LogP contribution in [0.3, 0.4) is 0 Å². The first-order chi connectivity index (χ1) is 10.5. The molecule has 2 aromatic carbocycles. The number of rotatable bonds is 7. The zero-order chi connectivity index (χ0) is 16.0. The molecule has 2 aromatic rings. The van der Waals surface area contributed by atoms with Gasteiger partial charge in [-0.2, -0.15) is 0 Å². The zero-order valence-corrected chi connectivity index (χ0v) is 14.1. The molecule has 0 heterocycles. The molecular weight excluding hydrogens is 274 g/mol. The number of ether oxygens (including phenoxy) is 2. The molecule has 0 spiro atoms. The van der Waals surface area contributed by atoms with E-state index in [0.717, 1.165) is 18.8 Å². The van der Waals surface area contributed by atoms with E-state index in [-0.39, 0.29) is 5.41 Å². The summed E-state index contributed by atoms with van der Waals surface area (Å²) in [6.45, 7) is 9.65. The predicted octanol–water partition coefficient (Wildman–Crippen LogP) is 4.00. The Kier molecular flexibility index (Phi) is 5.81. The van der Waals surface area contributed by atoms with Gasteiger partial charge in [-0.05, 0) is 22.3 Å². The van der Waals surface area contributed by atoms with E-state index in [4.69, 9.17) is 9.47 Å². The lowest BCUT2D eigenvalue weighted by Crippen LogP contribution is -2.26. The van der Waals surface area contributed by atoms with E-state index in [2.05, 4.69) is 62.5 Å². The minimum absolute atomic E-state index is 0.266. The molecule has 3 heteroatoms. The Morgan fingerprint density at radius 1 is 1.00 bits per heavy atom. The van der Waals surface area contributed by atoms with Gasteiger partial charge in [0.2, 0.25) is 0 Å². The summed E-state index contributed by atoms with van der Waals surface area (Å²) in [5.41, 5.74) is 1.49. The van der Waals surface area contributed by atoms with Gasteiger partial charge in [-0.15, -0.1) is 0 Å². The summed E-state index contributed by atoms with van der Waals surface area (Å²) in [7, 11) is 1.69. The van der Waals surface area contributed by atoms with Crippen LogP contribution in [0, 0.1) is 5.41 Å². The molecule has 0 fully saturated rings. The summed E-state index contributed by atoms with van der Waals surface area (Å²) in [6.07, 6.45) is 0. The minimum atomic E-state index is 0.266. The first-order valence-electron chi connectivity index (χ1n) is 7.84. The third-order valence-electron chi connectivity index (χ3n) is 3.50. The van der Waals surface area contributed by atoms with E-state index >= 15 is 0 Å². The lowest BCUT2D eigenvalue weighted by molar-refractivity contribution is 0.146. The van der Waals surface area contributed by atoms with E-state index in [1.165, 1.54) is 16.3 Å². The van der Waals surface area contributed by atoms with Gasteiger partial charge in [0.05, 0.1) is 6.61 Å². The van der Waals surface area contributed by atoms with Gasteiger partial charge in [-0.25, -0.2) is 0 Å². The average molecular weight is 301 g/mol. The van der Waals surface area contributed by atoms with E-state index in [0.29, 0.717) is 13.2 Å². The Balaban J connectivity index is 2.23. The summed E-state index contributed by atoms with van der Waals surface area (Å²) in [6, 6.07) is 12.6. The topological polar surface area (TPSA) is 30.5 Å². The molecule has 0 bridgehead atoms. The fraction of sp³-hybridized carbons (Fsp3) is 0.474. The summed E-state index contributed by atoms with van der Waals surface area (Å²) in [5.74, 6) is 0.942. The summed E-state index contributed by atoms with van der Waals surface area (Å²) < 4.78 is 11.0. The SMILES string of the molecule is COCCOc1ccc2ccccc2c1CNCC(C)(C)C. The second-order valence-corrected chi connectivity index (χ2v) is 6.77. The second-order valence-electron chi connectivity index (χ2n) is 6.77. The fourth-order valence-electron chi connectivity index (χ4n) is 2.43. The highest BCUT2D eigenvalue weighted by Gasteiger charge is 2.12. The molecule has 120 valence electrons. The molecule has 2 rings (SSSR count). The van der Waals surface area contributed by atoms with Gasteiger partial charge in [0.15, 0.2) is 0 Å². The van der Waals surface area contributed by atoms with Crippen molar-refractivity contribution >= 4 is 10.8 Å². The van der Waals surface area contributed by atoms with Crippen molar-refractivity contribution in [3.05, 3.63) is 42.0 Å². The smallest absolute Gasteiger partial charge is 0.124 e. The van der Waals surface area contributed by atoms with Gasteiger partial charge in [0.25, 0.3) is 0 Å². The highest BCUT2D eigenvalue weighted by Crippen LogP contribution is 2.28. The van der Waals surface area contributed by atoms with Crippen LogP contribution in [0.2, 0.25) is 0 Å². The molecule has 0 amide bonds. The predicted molar refractivity (Wildman–Crippen MR) is 92.5 cm³/mol. The number of hydrogen-bond donors (Lipinski definition) is 1. The molecule has 0 aromatic heterocycles. The number of benzene rings is 2. The van der Waals surface area contributed by atoms with Crippen LogP contribution in [0.25, 0.3) is 10.8 Å². The number of fused-ring (bicyclic) bond motifs is 1. The van der Waals surface area contributed by atoms with E-state index in [9.17, 15) is 0 Å². The van der Waals surface area contributed by atoms with Crippen molar-refractivity contribution in [2.24, 2.45) is 5.41 Å². The van der Waals surface area contributed by atoms with Crippen molar-refractivity contribution in [3.8, 4) is 5.75 Å². The van der Waals surface area contributed by atoms with Gasteiger partial charge < -0.3 is 14.8 Å². The van der Waals surface area contributed by atoms with E-state index in [1.807, 2.05) is 0 Å². The third-order valence-corrected chi connectivity index (χ3v) is 3.50. The molecule has 1 N–H and O–H groups in total. The second kappa shape index (κ2) is 7.61. The lowest BCUT2D eigenvalue weighted by atomic mass is 9.96. The van der Waals surface area contributed by atoms with Crippen LogP contribution >= 0.6 is 0 Å². The molecular formula is C19H27NO2. The van der Waals surface area contributed by atoms with Crippen LogP contribution in [0.15, 0.2) is 36.4 Å². The Hall–Kier alpha value is -1.58. The number of nitrogens with one attached hydrogen (secondary N) is 1. The standard InChI is InChI=1S/C19H27NO2/c1-19(2,3)14-20-13-17-16-8-6-5-7-15(16)9-10-18(17)22-12-11-21-4/h5-10,20H,11-14H2,1-4H3. The molecule has 0 unspecified atom stereocenters. The Morgan fingerprint density at radius 3 is 2.50 bits per heavy atom. The van der Waals surface area contributed by atoms with Crippen molar-refractivity contribution in [1.29, 1.82) is 0 Å². The van der Waals surface area contributed by atoms with Gasteiger partial charge in [0.1, 0.15) is 12.4 Å². The normalized spacial score (nSPS) is 11.8. The van der Waals surface area contributed by atoms with Crippen LogP contribution in [-0.2, 0) is 11.3 Å². The van der Waals surface area contributed by atoms with Crippen molar-refractivity contribution in [1.82, 2.24) is 5.32 Å². The van der Waals surface area contributed by atoms with Crippen LogP contribution in [-0.4, -0.2) is 26.9 Å². The van der Waals surface area contributed by atoms with Crippen LogP contribution < -0.4 is 10.1 Å². The van der Waals surface area contributed by atoms with E-state index < -0.39 is 0 Å². The van der Waals surface area contributed by atoms with Gasteiger partial charge in [-0.3, -0.25) is 0 Å². The van der Waals surface area contributed by atoms with Gasteiger partial charge in [0, 0.05) is 25.8 Å². The summed E-state index contributed by atoms with van der Waals surface area (Å²) >= 11 is 0. The van der Waals surface area contributed by atoms with Gasteiger partial charge >= 0.3 is 0 Å². The zero-order valence-electron chi connectivity index (χ0n) is 14.1. The average Bonchev–Trinajstić information content (AvgIpc) is 2.48. The maximum atomic E-state index is 5.90. The number of hydrogen-bond acceptors (Lipinski definition) is 3. The van der Waals surface area contributed by atoms with Crippen LogP contribution in [0.1, 0.15) is 26.3 Å². The summed E-state index contributed by atoms with van der Waals surface area (Å²) in [4.78, 5) is 0. The van der Waals surface area contributed by atoms with Gasteiger partial charge in [-0.1, -0.05) is 51.1 Å². The molecule has 22 heavy (non-hydrogen) atoms. The van der Waals surface area contributed by atoms with Crippen LogP contribution in [0.4, 0.5) is 0 Å². The maximum Gasteiger partial charge on any atom is 0.124 e. The Labute approximate surface area is 133 Å². The van der Waals surface area contributed by atoms with Crippen molar-refractivity contribution < 1.29 is 9.47 Å². The largest absolute Gasteiger partial charge is 0.491 e. The van der Waals surface area contributed by atoms with Crippen LogP contribution in [0.5, 0.6) is 5.75 Å². The molecule has 0 atom stereocenters. The maximum absolute atomic E-state index is 5.90. The molecule has 3 nitrogen and oxygen atoms in total. The number of methoxy groups -OCH3 is 1. The van der Waals surface area contributed by atoms with Crippen molar-refractivity contribution in [2.45, 2.75) is 27.3 Å². The fourth-order valence-corrected chi connectivity index (χ4v) is 2.43. The monoisotopic (exact) mass is 301 g/mol. The van der Waals surface area contributed by atoms with E-state index in [1.54, 1.807) is 7.11 Å². The third kappa shape index (κ3) is 4.72. The Bertz CT molecular complexity index is 602. The van der Waals surface area contributed by atoms with Crippen molar-refractivity contribution in [2.75, 3.05) is 26.9 Å². The molecule has 0 saturated carbocycles. The highest BCUT2D eigenvalue weighted by molar-refractivity contribution is 5.87. The molecule has 0 aliphatic carbocycles. The Morgan fingerprint density at radius 2 is 1.77 bits per heavy atom. The molecule has 0 radical (unpaired) electrons. The minimum Gasteiger partial charge on any atom is -0.491 e. The first-order valence-corrected chi connectivity index (χ1v) is 7.84. The summed E-state index contributed by atoms with van der Waals surface area (Å²) in [5, 5.41) is 6.05. The highest BCUT2D eigenvalue weighted by atomic mass is 16.5. The quantitative estimate of drug-likeness (QED) is 0.784. The lowest BCUT2D eigenvalue weighted by Gasteiger charge is -2.20. The molecule has 0 saturated heterocycles. The molecule has 0 aliphatic heterocycles.